The summed E-state index contributed by atoms with van der Waals surface area (Å²) in [5.74, 6) is -0.775. The van der Waals surface area contributed by atoms with Gasteiger partial charge in [-0.05, 0) is 40.8 Å². The highest BCUT2D eigenvalue weighted by Gasteiger charge is 2.36. The highest BCUT2D eigenvalue weighted by molar-refractivity contribution is 7.17. The van der Waals surface area contributed by atoms with E-state index in [1.54, 1.807) is 0 Å². The summed E-state index contributed by atoms with van der Waals surface area (Å²) < 4.78 is 1.41. The minimum Gasteiger partial charge on any atom is -0.478 e. The molecule has 0 bridgehead atoms. The second-order valence-electron chi connectivity index (χ2n) is 6.24. The van der Waals surface area contributed by atoms with Gasteiger partial charge in [-0.25, -0.2) is 9.59 Å². The van der Waals surface area contributed by atoms with Gasteiger partial charge in [-0.15, -0.1) is 11.3 Å². The van der Waals surface area contributed by atoms with E-state index in [0.717, 1.165) is 11.8 Å². The van der Waals surface area contributed by atoms with Crippen LogP contribution in [-0.2, 0) is 9.59 Å². The summed E-state index contributed by atoms with van der Waals surface area (Å²) in [6.45, 7) is 4.88. The number of fused-ring (bicyclic) bond motifs is 2. The summed E-state index contributed by atoms with van der Waals surface area (Å²) in [7, 11) is 0. The Bertz CT molecular complexity index is 773. The molecule has 2 fully saturated rings. The zero-order valence-electron chi connectivity index (χ0n) is 13.6. The van der Waals surface area contributed by atoms with Crippen molar-refractivity contribution in [1.82, 2.24) is 5.32 Å². The number of hydrogen-bond acceptors (Lipinski definition) is 5. The van der Waals surface area contributed by atoms with Crippen LogP contribution in [0, 0.1) is 11.8 Å². The molecule has 1 aromatic carbocycles. The Labute approximate surface area is 149 Å². The van der Waals surface area contributed by atoms with Gasteiger partial charge in [-0.2, -0.15) is 0 Å². The fourth-order valence-corrected chi connectivity index (χ4v) is 4.17. The molecule has 25 heavy (non-hydrogen) atoms. The van der Waals surface area contributed by atoms with Crippen LogP contribution >= 0.6 is 11.3 Å². The van der Waals surface area contributed by atoms with Crippen molar-refractivity contribution < 1.29 is 19.8 Å². The van der Waals surface area contributed by atoms with E-state index in [4.69, 9.17) is 10.2 Å². The number of carbonyl (C=O) groups is 2. The predicted octanol–water partition coefficient (Wildman–Crippen LogP) is 2.27. The van der Waals surface area contributed by atoms with Gasteiger partial charge < -0.3 is 20.4 Å². The van der Waals surface area contributed by atoms with Gasteiger partial charge in [0.15, 0.2) is 0 Å². The van der Waals surface area contributed by atoms with E-state index >= 15 is 0 Å². The van der Waals surface area contributed by atoms with E-state index in [2.05, 4.69) is 39.9 Å². The number of carboxylic acids is 2. The smallest absolute Gasteiger partial charge is 0.328 e. The Hall–Kier alpha value is -2.38. The first-order chi connectivity index (χ1) is 12.0. The molecule has 2 aliphatic heterocycles. The van der Waals surface area contributed by atoms with E-state index in [1.165, 1.54) is 42.0 Å². The number of anilines is 1. The molecule has 3 heterocycles. The van der Waals surface area contributed by atoms with Gasteiger partial charge >= 0.3 is 11.9 Å². The monoisotopic (exact) mass is 360 g/mol. The lowest BCUT2D eigenvalue weighted by molar-refractivity contribution is -0.134. The van der Waals surface area contributed by atoms with Crippen molar-refractivity contribution in [2.24, 2.45) is 11.8 Å². The number of hydrogen-bond donors (Lipinski definition) is 3. The second-order valence-corrected chi connectivity index (χ2v) is 7.18. The number of aliphatic carboxylic acids is 2. The fraction of sp³-hybridized carbons (Fsp3) is 0.333. The zero-order valence-corrected chi connectivity index (χ0v) is 14.4. The summed E-state index contributed by atoms with van der Waals surface area (Å²) in [4.78, 5) is 21.7. The average molecular weight is 360 g/mol. The number of carboxylic acid groups (broad SMARTS) is 2. The van der Waals surface area contributed by atoms with Crippen molar-refractivity contribution in [3.8, 4) is 0 Å². The molecule has 3 N–H and O–H groups in total. The summed E-state index contributed by atoms with van der Waals surface area (Å²) in [6, 6.07) is 9.10. The quantitative estimate of drug-likeness (QED) is 0.728. The predicted molar refractivity (Wildman–Crippen MR) is 98.3 cm³/mol. The van der Waals surface area contributed by atoms with Crippen molar-refractivity contribution in [2.75, 3.05) is 31.1 Å². The number of nitrogens with one attached hydrogen (secondary N) is 1. The third-order valence-electron chi connectivity index (χ3n) is 4.56. The molecule has 2 unspecified atom stereocenters. The van der Waals surface area contributed by atoms with Gasteiger partial charge in [0.1, 0.15) is 0 Å². The lowest BCUT2D eigenvalue weighted by atomic mass is 10.0. The summed E-state index contributed by atoms with van der Waals surface area (Å²) in [5, 5.41) is 22.7. The summed E-state index contributed by atoms with van der Waals surface area (Å²) in [6.07, 6.45) is 1.12. The van der Waals surface area contributed by atoms with Gasteiger partial charge in [0.25, 0.3) is 0 Å². The van der Waals surface area contributed by atoms with E-state index in [9.17, 15) is 9.59 Å². The molecule has 0 aliphatic carbocycles. The van der Waals surface area contributed by atoms with Crippen molar-refractivity contribution in [1.29, 1.82) is 0 Å². The molecular weight excluding hydrogens is 340 g/mol. The van der Waals surface area contributed by atoms with Crippen LogP contribution in [0.4, 0.5) is 5.69 Å². The summed E-state index contributed by atoms with van der Waals surface area (Å²) >= 11 is 1.84. The number of benzene rings is 1. The fourth-order valence-electron chi connectivity index (χ4n) is 3.35. The van der Waals surface area contributed by atoms with Crippen LogP contribution in [0.3, 0.4) is 0 Å². The van der Waals surface area contributed by atoms with Crippen LogP contribution < -0.4 is 10.2 Å². The van der Waals surface area contributed by atoms with Crippen LogP contribution in [0.1, 0.15) is 0 Å². The molecule has 132 valence electrons. The highest BCUT2D eigenvalue weighted by atomic mass is 32.1. The molecule has 4 rings (SSSR count). The lowest BCUT2D eigenvalue weighted by Crippen LogP contribution is -2.25. The normalized spacial score (nSPS) is 22.0. The molecule has 0 saturated carbocycles. The summed E-state index contributed by atoms with van der Waals surface area (Å²) in [5.41, 5.74) is 1.41. The Morgan fingerprint density at radius 1 is 1.08 bits per heavy atom. The van der Waals surface area contributed by atoms with Gasteiger partial charge in [-0.3, -0.25) is 0 Å². The molecule has 2 aliphatic rings. The first-order valence-corrected chi connectivity index (χ1v) is 8.98. The number of thiophene rings is 1. The molecule has 0 amide bonds. The Kier molecular flexibility index (Phi) is 5.35. The lowest BCUT2D eigenvalue weighted by Gasteiger charge is -2.19. The Morgan fingerprint density at radius 3 is 2.32 bits per heavy atom. The average Bonchev–Trinajstić information content (AvgIpc) is 3.27. The van der Waals surface area contributed by atoms with Crippen molar-refractivity contribution in [2.45, 2.75) is 0 Å². The van der Waals surface area contributed by atoms with Crippen LogP contribution in [0.25, 0.3) is 10.1 Å². The van der Waals surface area contributed by atoms with Gasteiger partial charge in [0.05, 0.1) is 0 Å². The molecule has 7 heteroatoms. The van der Waals surface area contributed by atoms with Crippen molar-refractivity contribution in [3.63, 3.8) is 0 Å². The van der Waals surface area contributed by atoms with Gasteiger partial charge in [0, 0.05) is 48.7 Å². The standard InChI is InChI=1S/C14H16N2S.C4H4O4/c1-2-13(5-14-10(1)3-4-17-14)16-8-11-6-15-7-12(11)9-16;5-3(6)1-2-4(7)8/h1-5,11-12,15H,6-9H2;1-2H,(H,5,6)(H,7,8)/b;2-1-. The first-order valence-electron chi connectivity index (χ1n) is 8.10. The van der Waals surface area contributed by atoms with Crippen LogP contribution in [-0.4, -0.2) is 48.3 Å². The molecule has 6 nitrogen and oxygen atoms in total. The zero-order chi connectivity index (χ0) is 17.8. The van der Waals surface area contributed by atoms with E-state index in [1.807, 2.05) is 11.3 Å². The SMILES string of the molecule is O=C(O)/C=C\C(=O)O.c1cc2ccc(N3CC4CNCC4C3)cc2s1. The Balaban J connectivity index is 0.000000197. The van der Waals surface area contributed by atoms with E-state index in [0.29, 0.717) is 12.2 Å². The van der Waals surface area contributed by atoms with Gasteiger partial charge in [-0.1, -0.05) is 6.07 Å². The highest BCUT2D eigenvalue weighted by Crippen LogP contribution is 2.33. The largest absolute Gasteiger partial charge is 0.478 e. The third-order valence-corrected chi connectivity index (χ3v) is 5.44. The molecule has 0 radical (unpaired) electrons. The molecular formula is C18H20N2O4S. The maximum absolute atomic E-state index is 9.55. The third kappa shape index (κ3) is 4.37. The van der Waals surface area contributed by atoms with E-state index in [-0.39, 0.29) is 0 Å². The molecule has 1 aromatic heterocycles. The maximum atomic E-state index is 9.55. The second kappa shape index (κ2) is 7.67. The van der Waals surface area contributed by atoms with Crippen molar-refractivity contribution >= 4 is 39.0 Å². The van der Waals surface area contributed by atoms with Crippen molar-refractivity contribution in [3.05, 3.63) is 41.8 Å². The first kappa shape index (κ1) is 17.4. The molecule has 2 atom stereocenters. The minimum absolute atomic E-state index is 0.558. The maximum Gasteiger partial charge on any atom is 0.328 e. The topological polar surface area (TPSA) is 89.9 Å². The van der Waals surface area contributed by atoms with E-state index < -0.39 is 11.9 Å². The molecule has 2 saturated heterocycles. The minimum atomic E-state index is -1.26. The number of nitrogens with zero attached hydrogens (tertiary/aromatic N) is 1. The number of rotatable bonds is 3. The van der Waals surface area contributed by atoms with Crippen LogP contribution in [0.5, 0.6) is 0 Å². The van der Waals surface area contributed by atoms with Crippen LogP contribution in [0.15, 0.2) is 41.8 Å². The molecule has 2 aromatic rings. The Morgan fingerprint density at radius 2 is 1.72 bits per heavy atom. The van der Waals surface area contributed by atoms with Crippen LogP contribution in [0.2, 0.25) is 0 Å². The molecule has 0 spiro atoms. The van der Waals surface area contributed by atoms with Gasteiger partial charge in [0.2, 0.25) is 0 Å².